The highest BCUT2D eigenvalue weighted by molar-refractivity contribution is 9.10. The number of aromatic nitrogens is 4. The van der Waals surface area contributed by atoms with Crippen LogP contribution in [0.15, 0.2) is 22.7 Å². The summed E-state index contributed by atoms with van der Waals surface area (Å²) in [4.78, 5) is 11.8. The number of carboxylic acids is 1. The van der Waals surface area contributed by atoms with E-state index in [-0.39, 0.29) is 0 Å². The van der Waals surface area contributed by atoms with E-state index in [1.165, 1.54) is 4.68 Å². The van der Waals surface area contributed by atoms with Crippen molar-refractivity contribution in [3.05, 3.63) is 28.2 Å². The summed E-state index contributed by atoms with van der Waals surface area (Å²) in [5.41, 5.74) is 0.700. The van der Waals surface area contributed by atoms with Crippen LogP contribution in [0.25, 0.3) is 11.4 Å². The summed E-state index contributed by atoms with van der Waals surface area (Å²) in [6, 6.07) is 5.81. The Kier molecular flexibility index (Phi) is 4.41. The molecule has 2 aromatic rings. The Morgan fingerprint density at radius 2 is 2.05 bits per heavy atom. The second-order valence-electron chi connectivity index (χ2n) is 4.94. The number of tetrazole rings is 1. The molecule has 0 fully saturated rings. The van der Waals surface area contributed by atoms with Gasteiger partial charge in [-0.15, -0.1) is 5.10 Å². The van der Waals surface area contributed by atoms with E-state index in [1.54, 1.807) is 0 Å². The van der Waals surface area contributed by atoms with Crippen molar-refractivity contribution in [2.75, 3.05) is 0 Å². The summed E-state index contributed by atoms with van der Waals surface area (Å²) in [5.74, 6) is -0.471. The van der Waals surface area contributed by atoms with Crippen LogP contribution in [0.2, 0.25) is 0 Å². The molecule has 1 heterocycles. The topological polar surface area (TPSA) is 80.9 Å². The molecule has 0 amide bonds. The first-order valence-electron chi connectivity index (χ1n) is 6.75. The number of rotatable bonds is 5. The third-order valence-electron chi connectivity index (χ3n) is 3.81. The number of hydrogen-bond donors (Lipinski definition) is 1. The normalized spacial score (nSPS) is 11.6. The molecule has 0 spiro atoms. The van der Waals surface area contributed by atoms with Gasteiger partial charge in [0.15, 0.2) is 11.4 Å². The predicted octanol–water partition coefficient (Wildman–Crippen LogP) is 3.01. The molecule has 1 aromatic carbocycles. The fourth-order valence-electron chi connectivity index (χ4n) is 2.40. The molecule has 0 aliphatic rings. The molecule has 2 rings (SSSR count). The van der Waals surface area contributed by atoms with Gasteiger partial charge in [-0.1, -0.05) is 41.4 Å². The Bertz CT molecular complexity index is 665. The summed E-state index contributed by atoms with van der Waals surface area (Å²) in [6.45, 7) is 5.62. The fourth-order valence-corrected chi connectivity index (χ4v) is 2.82. The predicted molar refractivity (Wildman–Crippen MR) is 81.9 cm³/mol. The number of carbonyl (C=O) groups is 1. The number of carboxylic acid groups (broad SMARTS) is 1. The quantitative estimate of drug-likeness (QED) is 0.894. The zero-order valence-electron chi connectivity index (χ0n) is 12.2. The molecule has 6 nitrogen and oxygen atoms in total. The van der Waals surface area contributed by atoms with Crippen LogP contribution >= 0.6 is 15.9 Å². The van der Waals surface area contributed by atoms with Gasteiger partial charge in [0.25, 0.3) is 0 Å². The van der Waals surface area contributed by atoms with Gasteiger partial charge >= 0.3 is 5.97 Å². The second-order valence-corrected chi connectivity index (χ2v) is 5.80. The van der Waals surface area contributed by atoms with Crippen molar-refractivity contribution in [1.82, 2.24) is 20.2 Å². The van der Waals surface area contributed by atoms with Gasteiger partial charge < -0.3 is 5.11 Å². The van der Waals surface area contributed by atoms with Crippen LogP contribution in [0.3, 0.4) is 0 Å². The first-order chi connectivity index (χ1) is 9.96. The molecule has 0 unspecified atom stereocenters. The lowest BCUT2D eigenvalue weighted by molar-refractivity contribution is -0.148. The van der Waals surface area contributed by atoms with Crippen molar-refractivity contribution in [2.24, 2.45) is 0 Å². The Hall–Kier alpha value is -1.76. The molecule has 0 bridgehead atoms. The summed E-state index contributed by atoms with van der Waals surface area (Å²) in [5, 5.41) is 21.3. The van der Waals surface area contributed by atoms with Crippen LogP contribution in [0.1, 0.15) is 32.3 Å². The third-order valence-corrected chi connectivity index (χ3v) is 4.50. The fraction of sp³-hybridized carbons (Fsp3) is 0.429. The standard InChI is InChI=1S/C14H17BrN4O2/c1-4-14(5-2,13(20)21)19-12(16-17-18-19)10-8-9(3)6-7-11(10)15/h6-8H,4-5H2,1-3H3,(H,20,21). The number of halogens is 1. The van der Waals surface area contributed by atoms with E-state index in [0.717, 1.165) is 15.6 Å². The van der Waals surface area contributed by atoms with E-state index in [1.807, 2.05) is 39.0 Å². The summed E-state index contributed by atoms with van der Waals surface area (Å²) < 4.78 is 2.25. The minimum atomic E-state index is -1.14. The maximum atomic E-state index is 11.8. The Morgan fingerprint density at radius 1 is 1.38 bits per heavy atom. The summed E-state index contributed by atoms with van der Waals surface area (Å²) in [6.07, 6.45) is 0.806. The van der Waals surface area contributed by atoms with E-state index in [2.05, 4.69) is 31.5 Å². The number of aryl methyl sites for hydroxylation is 1. The average Bonchev–Trinajstić information content (AvgIpc) is 2.93. The molecular weight excluding hydrogens is 336 g/mol. The lowest BCUT2D eigenvalue weighted by atomic mass is 9.92. The van der Waals surface area contributed by atoms with Gasteiger partial charge in [0, 0.05) is 10.0 Å². The van der Waals surface area contributed by atoms with Crippen molar-refractivity contribution >= 4 is 21.9 Å². The molecule has 21 heavy (non-hydrogen) atoms. The Labute approximate surface area is 131 Å². The number of benzene rings is 1. The van der Waals surface area contributed by atoms with Gasteiger partial charge in [-0.2, -0.15) is 0 Å². The van der Waals surface area contributed by atoms with Gasteiger partial charge in [0.2, 0.25) is 0 Å². The lowest BCUT2D eigenvalue weighted by Crippen LogP contribution is -2.42. The van der Waals surface area contributed by atoms with Crippen LogP contribution in [-0.4, -0.2) is 31.3 Å². The first kappa shape index (κ1) is 15.6. The van der Waals surface area contributed by atoms with Crippen LogP contribution in [0.5, 0.6) is 0 Å². The zero-order chi connectivity index (χ0) is 15.6. The van der Waals surface area contributed by atoms with Gasteiger partial charge in [0.05, 0.1) is 0 Å². The minimum Gasteiger partial charge on any atom is -0.479 e. The SMILES string of the molecule is CCC(CC)(C(=O)O)n1nnnc1-c1cc(C)ccc1Br. The lowest BCUT2D eigenvalue weighted by Gasteiger charge is -2.27. The third kappa shape index (κ3) is 2.57. The number of aliphatic carboxylic acids is 1. The molecule has 0 aliphatic carbocycles. The summed E-state index contributed by atoms with van der Waals surface area (Å²) in [7, 11) is 0. The van der Waals surface area contributed by atoms with E-state index < -0.39 is 11.5 Å². The molecule has 112 valence electrons. The number of nitrogens with zero attached hydrogens (tertiary/aromatic N) is 4. The van der Waals surface area contributed by atoms with Gasteiger partial charge in [-0.05, 0) is 42.3 Å². The first-order valence-corrected chi connectivity index (χ1v) is 7.54. The highest BCUT2D eigenvalue weighted by atomic mass is 79.9. The highest BCUT2D eigenvalue weighted by Crippen LogP contribution is 2.33. The molecule has 1 N–H and O–H groups in total. The van der Waals surface area contributed by atoms with E-state index in [9.17, 15) is 9.90 Å². The molecule has 0 saturated carbocycles. The van der Waals surface area contributed by atoms with Crippen LogP contribution in [0.4, 0.5) is 0 Å². The monoisotopic (exact) mass is 352 g/mol. The maximum Gasteiger partial charge on any atom is 0.331 e. The largest absolute Gasteiger partial charge is 0.479 e. The maximum absolute atomic E-state index is 11.8. The molecule has 7 heteroatoms. The summed E-state index contributed by atoms with van der Waals surface area (Å²) >= 11 is 3.48. The molecule has 0 atom stereocenters. The van der Waals surface area contributed by atoms with Crippen molar-refractivity contribution in [3.63, 3.8) is 0 Å². The Balaban J connectivity index is 2.67. The van der Waals surface area contributed by atoms with E-state index >= 15 is 0 Å². The van der Waals surface area contributed by atoms with Crippen LogP contribution in [-0.2, 0) is 10.3 Å². The molecular formula is C14H17BrN4O2. The van der Waals surface area contributed by atoms with Crippen LogP contribution < -0.4 is 0 Å². The molecule has 0 saturated heterocycles. The molecule has 0 aliphatic heterocycles. The smallest absolute Gasteiger partial charge is 0.331 e. The van der Waals surface area contributed by atoms with Crippen molar-refractivity contribution < 1.29 is 9.90 Å². The molecule has 1 aromatic heterocycles. The van der Waals surface area contributed by atoms with Crippen molar-refractivity contribution in [3.8, 4) is 11.4 Å². The average molecular weight is 353 g/mol. The Morgan fingerprint density at radius 3 is 2.62 bits per heavy atom. The van der Waals surface area contributed by atoms with Crippen molar-refractivity contribution in [1.29, 1.82) is 0 Å². The van der Waals surface area contributed by atoms with Gasteiger partial charge in [0.1, 0.15) is 0 Å². The van der Waals surface area contributed by atoms with Gasteiger partial charge in [-0.3, -0.25) is 0 Å². The molecule has 0 radical (unpaired) electrons. The highest BCUT2D eigenvalue weighted by Gasteiger charge is 2.40. The second kappa shape index (κ2) is 5.93. The number of hydrogen-bond acceptors (Lipinski definition) is 4. The van der Waals surface area contributed by atoms with Gasteiger partial charge in [-0.25, -0.2) is 9.48 Å². The van der Waals surface area contributed by atoms with Crippen molar-refractivity contribution in [2.45, 2.75) is 39.2 Å². The van der Waals surface area contributed by atoms with E-state index in [0.29, 0.717) is 18.7 Å². The van der Waals surface area contributed by atoms with E-state index in [4.69, 9.17) is 0 Å². The zero-order valence-corrected chi connectivity index (χ0v) is 13.8. The minimum absolute atomic E-state index is 0.403. The van der Waals surface area contributed by atoms with Crippen LogP contribution in [0, 0.1) is 6.92 Å².